The number of hydrogen-bond donors (Lipinski definition) is 1. The van der Waals surface area contributed by atoms with Crippen molar-refractivity contribution in [2.45, 2.75) is 26.7 Å². The molecule has 2 N–H and O–H groups in total. The van der Waals surface area contributed by atoms with Crippen molar-refractivity contribution in [3.8, 4) is 0 Å². The maximum absolute atomic E-state index is 5.66. The van der Waals surface area contributed by atoms with Gasteiger partial charge in [0.15, 0.2) is 0 Å². The molecule has 1 rings (SSSR count). The standard InChI is InChI=1S/C11H16BrN/c1-7-4-10(12)5-11(9(7)3)8(2)6-13/h4-5,8H,6,13H2,1-3H3. The molecule has 1 nitrogen and oxygen atoms in total. The number of aryl methyl sites for hydroxylation is 1. The lowest BCUT2D eigenvalue weighted by Crippen LogP contribution is -2.10. The highest BCUT2D eigenvalue weighted by Gasteiger charge is 2.08. The van der Waals surface area contributed by atoms with Crippen LogP contribution in [0.5, 0.6) is 0 Å². The molecule has 1 aromatic carbocycles. The van der Waals surface area contributed by atoms with Gasteiger partial charge < -0.3 is 5.73 Å². The molecule has 0 bridgehead atoms. The average molecular weight is 242 g/mol. The summed E-state index contributed by atoms with van der Waals surface area (Å²) < 4.78 is 1.14. The van der Waals surface area contributed by atoms with E-state index in [-0.39, 0.29) is 0 Å². The monoisotopic (exact) mass is 241 g/mol. The van der Waals surface area contributed by atoms with Gasteiger partial charge in [-0.3, -0.25) is 0 Å². The van der Waals surface area contributed by atoms with Crippen molar-refractivity contribution < 1.29 is 0 Å². The zero-order chi connectivity index (χ0) is 10.0. The summed E-state index contributed by atoms with van der Waals surface area (Å²) in [5.41, 5.74) is 9.70. The quantitative estimate of drug-likeness (QED) is 0.847. The van der Waals surface area contributed by atoms with Gasteiger partial charge in [0.1, 0.15) is 0 Å². The Kier molecular flexibility index (Phi) is 3.51. The Morgan fingerprint density at radius 3 is 2.54 bits per heavy atom. The van der Waals surface area contributed by atoms with Crippen molar-refractivity contribution in [2.24, 2.45) is 5.73 Å². The maximum Gasteiger partial charge on any atom is 0.0180 e. The van der Waals surface area contributed by atoms with Crippen molar-refractivity contribution in [3.05, 3.63) is 33.3 Å². The van der Waals surface area contributed by atoms with E-state index < -0.39 is 0 Å². The minimum atomic E-state index is 0.441. The molecular weight excluding hydrogens is 226 g/mol. The average Bonchev–Trinajstić information content (AvgIpc) is 2.10. The molecule has 1 unspecified atom stereocenters. The molecule has 0 heterocycles. The van der Waals surface area contributed by atoms with Gasteiger partial charge in [-0.05, 0) is 55.1 Å². The second kappa shape index (κ2) is 4.25. The molecule has 2 heteroatoms. The third kappa shape index (κ3) is 2.32. The highest BCUT2D eigenvalue weighted by Crippen LogP contribution is 2.25. The second-order valence-corrected chi connectivity index (χ2v) is 4.49. The Bertz CT molecular complexity index is 307. The Balaban J connectivity index is 3.20. The molecule has 0 aromatic heterocycles. The van der Waals surface area contributed by atoms with Gasteiger partial charge in [-0.1, -0.05) is 22.9 Å². The Hall–Kier alpha value is -0.340. The van der Waals surface area contributed by atoms with Crippen LogP contribution in [-0.2, 0) is 0 Å². The number of nitrogens with two attached hydrogens (primary N) is 1. The molecule has 1 atom stereocenters. The van der Waals surface area contributed by atoms with Crippen LogP contribution in [0.3, 0.4) is 0 Å². The first-order chi connectivity index (χ1) is 6.06. The van der Waals surface area contributed by atoms with Crippen LogP contribution in [0.1, 0.15) is 29.5 Å². The second-order valence-electron chi connectivity index (χ2n) is 3.57. The fourth-order valence-corrected chi connectivity index (χ4v) is 2.07. The molecule has 0 radical (unpaired) electrons. The van der Waals surface area contributed by atoms with Crippen molar-refractivity contribution in [2.75, 3.05) is 6.54 Å². The van der Waals surface area contributed by atoms with Crippen molar-refractivity contribution in [1.82, 2.24) is 0 Å². The molecule has 0 fully saturated rings. The third-order valence-corrected chi connectivity index (χ3v) is 3.01. The van der Waals surface area contributed by atoms with Crippen LogP contribution in [0.2, 0.25) is 0 Å². The van der Waals surface area contributed by atoms with E-state index in [4.69, 9.17) is 5.73 Å². The van der Waals surface area contributed by atoms with Gasteiger partial charge in [-0.25, -0.2) is 0 Å². The number of benzene rings is 1. The first-order valence-electron chi connectivity index (χ1n) is 4.53. The van der Waals surface area contributed by atoms with E-state index in [1.54, 1.807) is 0 Å². The summed E-state index contributed by atoms with van der Waals surface area (Å²) in [5, 5.41) is 0. The van der Waals surface area contributed by atoms with Crippen LogP contribution < -0.4 is 5.73 Å². The van der Waals surface area contributed by atoms with E-state index in [2.05, 4.69) is 48.8 Å². The van der Waals surface area contributed by atoms with E-state index >= 15 is 0 Å². The normalized spacial score (nSPS) is 13.0. The molecule has 13 heavy (non-hydrogen) atoms. The topological polar surface area (TPSA) is 26.0 Å². The Labute approximate surface area is 88.5 Å². The molecular formula is C11H16BrN. The van der Waals surface area contributed by atoms with Gasteiger partial charge in [-0.15, -0.1) is 0 Å². The summed E-state index contributed by atoms with van der Waals surface area (Å²) >= 11 is 3.50. The predicted molar refractivity (Wildman–Crippen MR) is 61.1 cm³/mol. The summed E-state index contributed by atoms with van der Waals surface area (Å²) in [7, 11) is 0. The van der Waals surface area contributed by atoms with Crippen LogP contribution in [-0.4, -0.2) is 6.54 Å². The molecule has 1 aromatic rings. The molecule has 0 aliphatic carbocycles. The van der Waals surface area contributed by atoms with E-state index in [1.165, 1.54) is 16.7 Å². The van der Waals surface area contributed by atoms with Gasteiger partial charge in [0.25, 0.3) is 0 Å². The first-order valence-corrected chi connectivity index (χ1v) is 5.32. The van der Waals surface area contributed by atoms with Crippen molar-refractivity contribution >= 4 is 15.9 Å². The van der Waals surface area contributed by atoms with Crippen molar-refractivity contribution in [3.63, 3.8) is 0 Å². The third-order valence-electron chi connectivity index (χ3n) is 2.56. The number of rotatable bonds is 2. The van der Waals surface area contributed by atoms with Crippen molar-refractivity contribution in [1.29, 1.82) is 0 Å². The summed E-state index contributed by atoms with van der Waals surface area (Å²) in [6.45, 7) is 7.15. The SMILES string of the molecule is Cc1cc(Br)cc(C(C)CN)c1C. The van der Waals surface area contributed by atoms with E-state index in [9.17, 15) is 0 Å². The number of halogens is 1. The molecule has 0 saturated carbocycles. The lowest BCUT2D eigenvalue weighted by Gasteiger charge is -2.15. The smallest absolute Gasteiger partial charge is 0.0180 e. The summed E-state index contributed by atoms with van der Waals surface area (Å²) in [6.07, 6.45) is 0. The fourth-order valence-electron chi connectivity index (χ4n) is 1.48. The summed E-state index contributed by atoms with van der Waals surface area (Å²) in [6, 6.07) is 4.31. The molecule has 0 saturated heterocycles. The molecule has 0 aliphatic rings. The van der Waals surface area contributed by atoms with Crippen LogP contribution in [0, 0.1) is 13.8 Å². The molecule has 0 spiro atoms. The van der Waals surface area contributed by atoms with Gasteiger partial charge in [0.05, 0.1) is 0 Å². The zero-order valence-corrected chi connectivity index (χ0v) is 9.98. The molecule has 72 valence electrons. The van der Waals surface area contributed by atoms with Gasteiger partial charge in [0.2, 0.25) is 0 Å². The molecule has 0 amide bonds. The largest absolute Gasteiger partial charge is 0.330 e. The van der Waals surface area contributed by atoms with Crippen LogP contribution in [0.4, 0.5) is 0 Å². The summed E-state index contributed by atoms with van der Waals surface area (Å²) in [4.78, 5) is 0. The number of hydrogen-bond acceptors (Lipinski definition) is 1. The van der Waals surface area contributed by atoms with E-state index in [0.717, 1.165) is 4.47 Å². The Morgan fingerprint density at radius 2 is 2.00 bits per heavy atom. The predicted octanol–water partition coefficient (Wildman–Crippen LogP) is 3.13. The minimum absolute atomic E-state index is 0.441. The van der Waals surface area contributed by atoms with Crippen LogP contribution in [0.15, 0.2) is 16.6 Å². The van der Waals surface area contributed by atoms with E-state index in [1.807, 2.05) is 0 Å². The fraction of sp³-hybridized carbons (Fsp3) is 0.455. The minimum Gasteiger partial charge on any atom is -0.330 e. The van der Waals surface area contributed by atoms with Gasteiger partial charge in [-0.2, -0.15) is 0 Å². The maximum atomic E-state index is 5.66. The van der Waals surface area contributed by atoms with Crippen LogP contribution in [0.25, 0.3) is 0 Å². The van der Waals surface area contributed by atoms with Gasteiger partial charge in [0, 0.05) is 4.47 Å². The van der Waals surface area contributed by atoms with Gasteiger partial charge >= 0.3 is 0 Å². The zero-order valence-electron chi connectivity index (χ0n) is 8.39. The highest BCUT2D eigenvalue weighted by atomic mass is 79.9. The first kappa shape index (κ1) is 10.7. The lowest BCUT2D eigenvalue weighted by atomic mass is 9.94. The molecule has 0 aliphatic heterocycles. The van der Waals surface area contributed by atoms with Crippen LogP contribution >= 0.6 is 15.9 Å². The van der Waals surface area contributed by atoms with E-state index in [0.29, 0.717) is 12.5 Å². The lowest BCUT2D eigenvalue weighted by molar-refractivity contribution is 0.766. The summed E-state index contributed by atoms with van der Waals surface area (Å²) in [5.74, 6) is 0.441. The Morgan fingerprint density at radius 1 is 1.38 bits per heavy atom. The highest BCUT2D eigenvalue weighted by molar-refractivity contribution is 9.10.